The summed E-state index contributed by atoms with van der Waals surface area (Å²) >= 11 is 6.00. The van der Waals surface area contributed by atoms with E-state index in [1.165, 1.54) is 6.33 Å². The molecule has 0 radical (unpaired) electrons. The Kier molecular flexibility index (Phi) is 4.93. The molecule has 0 aliphatic rings. The highest BCUT2D eigenvalue weighted by Gasteiger charge is 2.23. The maximum Gasteiger partial charge on any atom is 0.224 e. The van der Waals surface area contributed by atoms with Gasteiger partial charge in [-0.25, -0.2) is 19.9 Å². The molecule has 0 saturated carbocycles. The van der Waals surface area contributed by atoms with Crippen LogP contribution in [0, 0.1) is 0 Å². The first-order valence-electron chi connectivity index (χ1n) is 7.53. The Morgan fingerprint density at radius 2 is 1.96 bits per heavy atom. The molecule has 0 saturated heterocycles. The van der Waals surface area contributed by atoms with Gasteiger partial charge in [-0.15, -0.1) is 0 Å². The Labute approximate surface area is 148 Å². The van der Waals surface area contributed by atoms with Crippen LogP contribution in [0.5, 0.6) is 0 Å². The molecule has 0 aliphatic heterocycles. The maximum atomic E-state index is 9.41. The fraction of sp³-hybridized carbons (Fsp3) is 0.250. The third-order valence-corrected chi connectivity index (χ3v) is 3.81. The number of benzene rings is 1. The third-order valence-electron chi connectivity index (χ3n) is 3.58. The smallest absolute Gasteiger partial charge is 0.224 e. The van der Waals surface area contributed by atoms with Crippen molar-refractivity contribution in [2.75, 3.05) is 23.8 Å². The number of aliphatic hydroxyl groups excluding tert-OH is 2. The minimum Gasteiger partial charge on any atom is -0.394 e. The molecular weight excluding hydrogens is 344 g/mol. The summed E-state index contributed by atoms with van der Waals surface area (Å²) < 4.78 is 0. The summed E-state index contributed by atoms with van der Waals surface area (Å²) in [5.41, 5.74) is 0.873. The van der Waals surface area contributed by atoms with E-state index in [1.807, 2.05) is 12.1 Å². The summed E-state index contributed by atoms with van der Waals surface area (Å²) in [7, 11) is 0. The van der Waals surface area contributed by atoms with Crippen LogP contribution in [-0.2, 0) is 0 Å². The molecule has 0 atom stereocenters. The van der Waals surface area contributed by atoms with E-state index in [0.717, 1.165) is 5.69 Å². The number of hydrogen-bond acceptors (Lipinski definition) is 8. The average Bonchev–Trinajstić information content (AvgIpc) is 2.62. The van der Waals surface area contributed by atoms with Gasteiger partial charge in [-0.3, -0.25) is 0 Å². The molecule has 0 fully saturated rings. The topological polar surface area (TPSA) is 116 Å². The lowest BCUT2D eigenvalue weighted by Crippen LogP contribution is -2.43. The number of nitrogens with one attached hydrogen (secondary N) is 2. The number of halogens is 1. The molecule has 0 aliphatic carbocycles. The minimum absolute atomic E-state index is 0.252. The summed E-state index contributed by atoms with van der Waals surface area (Å²) in [5, 5.41) is 25.5. The second-order valence-electron chi connectivity index (χ2n) is 5.79. The molecule has 0 amide bonds. The van der Waals surface area contributed by atoms with Crippen LogP contribution in [0.3, 0.4) is 0 Å². The Morgan fingerprint density at radius 3 is 2.68 bits per heavy atom. The molecule has 3 aromatic rings. The lowest BCUT2D eigenvalue weighted by Gasteiger charge is -2.26. The number of hydrogen-bond donors (Lipinski definition) is 4. The maximum absolute atomic E-state index is 9.41. The van der Waals surface area contributed by atoms with Crippen molar-refractivity contribution in [2.45, 2.75) is 12.5 Å². The van der Waals surface area contributed by atoms with Crippen molar-refractivity contribution < 1.29 is 10.2 Å². The van der Waals surface area contributed by atoms with E-state index in [-0.39, 0.29) is 19.2 Å². The average molecular weight is 361 g/mol. The van der Waals surface area contributed by atoms with Crippen molar-refractivity contribution in [3.63, 3.8) is 0 Å². The van der Waals surface area contributed by atoms with Gasteiger partial charge in [0.05, 0.1) is 24.9 Å². The number of aliphatic hydroxyl groups is 2. The zero-order chi connectivity index (χ0) is 17.9. The van der Waals surface area contributed by atoms with Gasteiger partial charge in [0.1, 0.15) is 17.4 Å². The van der Waals surface area contributed by atoms with Crippen molar-refractivity contribution in [1.82, 2.24) is 19.9 Å². The minimum atomic E-state index is -0.941. The molecule has 1 aromatic carbocycles. The summed E-state index contributed by atoms with van der Waals surface area (Å²) in [4.78, 5) is 17.0. The first kappa shape index (κ1) is 17.3. The lowest BCUT2D eigenvalue weighted by atomic mass is 10.1. The molecule has 9 heteroatoms. The van der Waals surface area contributed by atoms with Crippen molar-refractivity contribution in [2.24, 2.45) is 0 Å². The molecule has 2 heterocycles. The van der Waals surface area contributed by atoms with Gasteiger partial charge in [0.25, 0.3) is 0 Å². The molecule has 3 rings (SSSR count). The van der Waals surface area contributed by atoms with Crippen molar-refractivity contribution >= 4 is 40.1 Å². The normalized spacial score (nSPS) is 11.5. The largest absolute Gasteiger partial charge is 0.394 e. The highest BCUT2D eigenvalue weighted by Crippen LogP contribution is 2.24. The van der Waals surface area contributed by atoms with Crippen molar-refractivity contribution in [1.29, 1.82) is 0 Å². The van der Waals surface area contributed by atoms with E-state index in [4.69, 9.17) is 11.6 Å². The van der Waals surface area contributed by atoms with E-state index in [1.54, 1.807) is 25.3 Å². The fourth-order valence-electron chi connectivity index (χ4n) is 2.11. The number of fused-ring (bicyclic) bond motifs is 1. The van der Waals surface area contributed by atoms with Gasteiger partial charge < -0.3 is 20.8 Å². The predicted molar refractivity (Wildman–Crippen MR) is 96.1 cm³/mol. The van der Waals surface area contributed by atoms with Crippen LogP contribution in [0.15, 0.2) is 36.8 Å². The molecule has 0 spiro atoms. The number of nitrogens with zero attached hydrogens (tertiary/aromatic N) is 4. The number of anilines is 3. The third kappa shape index (κ3) is 3.93. The van der Waals surface area contributed by atoms with Gasteiger partial charge in [-0.2, -0.15) is 0 Å². The number of aromatic nitrogens is 4. The van der Waals surface area contributed by atoms with E-state index in [9.17, 15) is 10.2 Å². The van der Waals surface area contributed by atoms with Crippen LogP contribution in [0.1, 0.15) is 6.92 Å². The zero-order valence-corrected chi connectivity index (χ0v) is 14.2. The van der Waals surface area contributed by atoms with Crippen LogP contribution in [-0.4, -0.2) is 48.9 Å². The van der Waals surface area contributed by atoms with E-state index >= 15 is 0 Å². The molecule has 0 bridgehead atoms. The van der Waals surface area contributed by atoms with Gasteiger partial charge in [0.15, 0.2) is 5.82 Å². The first-order valence-corrected chi connectivity index (χ1v) is 7.91. The van der Waals surface area contributed by atoms with Gasteiger partial charge in [0.2, 0.25) is 5.95 Å². The highest BCUT2D eigenvalue weighted by molar-refractivity contribution is 6.30. The Balaban J connectivity index is 1.97. The fourth-order valence-corrected chi connectivity index (χ4v) is 2.30. The second-order valence-corrected chi connectivity index (χ2v) is 6.22. The monoisotopic (exact) mass is 360 g/mol. The van der Waals surface area contributed by atoms with E-state index in [2.05, 4.69) is 30.6 Å². The molecule has 4 N–H and O–H groups in total. The SMILES string of the molecule is CC(CO)(CO)Nc1ncc2ncnc(Nc3cccc(Cl)c3)c2n1. The molecule has 0 unspecified atom stereocenters. The van der Waals surface area contributed by atoms with Crippen LogP contribution in [0.25, 0.3) is 11.0 Å². The van der Waals surface area contributed by atoms with Gasteiger partial charge in [0, 0.05) is 10.7 Å². The van der Waals surface area contributed by atoms with Gasteiger partial charge >= 0.3 is 0 Å². The van der Waals surface area contributed by atoms with Crippen molar-refractivity contribution in [3.05, 3.63) is 41.8 Å². The standard InChI is InChI=1S/C16H17ClN6O2/c1-16(7-24,8-25)23-15-18-6-12-13(22-15)14(20-9-19-12)21-11-4-2-3-10(17)5-11/h2-6,9,24-25H,7-8H2,1H3,(H,18,22,23)(H,19,20,21). The van der Waals surface area contributed by atoms with E-state index in [0.29, 0.717) is 21.9 Å². The first-order chi connectivity index (χ1) is 12.0. The zero-order valence-electron chi connectivity index (χ0n) is 13.4. The Bertz CT molecular complexity index is 887. The van der Waals surface area contributed by atoms with Crippen molar-refractivity contribution in [3.8, 4) is 0 Å². The lowest BCUT2D eigenvalue weighted by molar-refractivity contribution is 0.147. The summed E-state index contributed by atoms with van der Waals surface area (Å²) in [6.45, 7) is 1.11. The van der Waals surface area contributed by atoms with Crippen LogP contribution >= 0.6 is 11.6 Å². The second kappa shape index (κ2) is 7.14. The quantitative estimate of drug-likeness (QED) is 0.527. The molecule has 8 nitrogen and oxygen atoms in total. The molecular formula is C16H17ClN6O2. The Hall–Kier alpha value is -2.55. The Morgan fingerprint density at radius 1 is 1.16 bits per heavy atom. The highest BCUT2D eigenvalue weighted by atomic mass is 35.5. The van der Waals surface area contributed by atoms with Crippen LogP contribution in [0.4, 0.5) is 17.5 Å². The summed E-state index contributed by atoms with van der Waals surface area (Å²) in [6, 6.07) is 7.22. The van der Waals surface area contributed by atoms with Gasteiger partial charge in [-0.1, -0.05) is 17.7 Å². The molecule has 25 heavy (non-hydrogen) atoms. The predicted octanol–water partition coefficient (Wildman–Crippen LogP) is 1.97. The number of rotatable bonds is 6. The van der Waals surface area contributed by atoms with E-state index < -0.39 is 5.54 Å². The van der Waals surface area contributed by atoms with Crippen LogP contribution < -0.4 is 10.6 Å². The van der Waals surface area contributed by atoms with Gasteiger partial charge in [-0.05, 0) is 25.1 Å². The van der Waals surface area contributed by atoms with Crippen LogP contribution in [0.2, 0.25) is 5.02 Å². The molecule has 130 valence electrons. The summed E-state index contributed by atoms with van der Waals surface area (Å²) in [5.74, 6) is 0.745. The summed E-state index contributed by atoms with van der Waals surface area (Å²) in [6.07, 6.45) is 2.96. The molecule has 2 aromatic heterocycles.